The van der Waals surface area contributed by atoms with Gasteiger partial charge in [0.25, 0.3) is 5.91 Å². The third kappa shape index (κ3) is 4.07. The lowest BCUT2D eigenvalue weighted by molar-refractivity contribution is 0.0716. The number of carbonyl (C=O) groups excluding carboxylic acids is 1. The van der Waals surface area contributed by atoms with Crippen LogP contribution in [0, 0.1) is 5.41 Å². The van der Waals surface area contributed by atoms with Crippen molar-refractivity contribution in [1.82, 2.24) is 5.32 Å². The molecule has 0 spiro atoms. The van der Waals surface area contributed by atoms with Crippen molar-refractivity contribution in [3.05, 3.63) is 54.1 Å². The lowest BCUT2D eigenvalue weighted by atomic mass is 9.74. The molecule has 1 fully saturated rings. The summed E-state index contributed by atoms with van der Waals surface area (Å²) in [5.74, 6) is 0.405. The molecule has 0 atom stereocenters. The average molecular weight is 353 g/mol. The van der Waals surface area contributed by atoms with E-state index in [1.165, 1.54) is 6.42 Å². The van der Waals surface area contributed by atoms with Gasteiger partial charge in [0.1, 0.15) is 5.75 Å². The molecule has 0 radical (unpaired) electrons. The van der Waals surface area contributed by atoms with E-state index >= 15 is 0 Å². The normalized spacial score (nSPS) is 16.1. The summed E-state index contributed by atoms with van der Waals surface area (Å²) < 4.78 is 5.39. The zero-order valence-corrected chi connectivity index (χ0v) is 15.3. The molecule has 0 heterocycles. The Balaban J connectivity index is 1.79. The predicted octanol–water partition coefficient (Wildman–Crippen LogP) is 4.03. The molecule has 2 N–H and O–H groups in total. The number of amides is 1. The second-order valence-electron chi connectivity index (χ2n) is 7.18. The van der Waals surface area contributed by atoms with Crippen LogP contribution in [0.3, 0.4) is 0 Å². The summed E-state index contributed by atoms with van der Waals surface area (Å²) in [5.41, 5.74) is 2.38. The number of ether oxygens (including phenoxy) is 1. The van der Waals surface area contributed by atoms with Crippen LogP contribution in [0.1, 0.15) is 42.5 Å². The molecule has 26 heavy (non-hydrogen) atoms. The Hall–Kier alpha value is -2.33. The number of aliphatic hydroxyl groups is 1. The smallest absolute Gasteiger partial charge is 0.255 e. The van der Waals surface area contributed by atoms with E-state index < -0.39 is 0 Å². The number of rotatable bonds is 6. The van der Waals surface area contributed by atoms with Crippen molar-refractivity contribution in [3.63, 3.8) is 0 Å². The maximum absolute atomic E-state index is 12.8. The van der Waals surface area contributed by atoms with E-state index in [1.807, 2.05) is 48.5 Å². The second-order valence-corrected chi connectivity index (χ2v) is 7.18. The van der Waals surface area contributed by atoms with Crippen LogP contribution in [0.25, 0.3) is 11.1 Å². The number of hydrogen-bond donors (Lipinski definition) is 2. The van der Waals surface area contributed by atoms with Crippen LogP contribution in [0.15, 0.2) is 48.5 Å². The summed E-state index contributed by atoms with van der Waals surface area (Å²) in [5, 5.41) is 12.9. The first-order chi connectivity index (χ1) is 12.7. The summed E-state index contributed by atoms with van der Waals surface area (Å²) in [6, 6.07) is 15.6. The van der Waals surface area contributed by atoms with Gasteiger partial charge in [0, 0.05) is 12.0 Å². The van der Waals surface area contributed by atoms with Crippen molar-refractivity contribution in [1.29, 1.82) is 0 Å². The highest BCUT2D eigenvalue weighted by Crippen LogP contribution is 2.35. The maximum atomic E-state index is 12.8. The maximum Gasteiger partial charge on any atom is 0.255 e. The van der Waals surface area contributed by atoms with E-state index in [-0.39, 0.29) is 17.9 Å². The Morgan fingerprint density at radius 1 is 1.08 bits per heavy atom. The minimum Gasteiger partial charge on any atom is -0.496 e. The molecule has 4 heteroatoms. The van der Waals surface area contributed by atoms with Gasteiger partial charge in [0.05, 0.1) is 19.3 Å². The molecule has 1 saturated carbocycles. The summed E-state index contributed by atoms with van der Waals surface area (Å²) in [4.78, 5) is 12.8. The minimum absolute atomic E-state index is 0.120. The molecule has 0 bridgehead atoms. The van der Waals surface area contributed by atoms with Crippen molar-refractivity contribution < 1.29 is 14.6 Å². The number of hydrogen-bond acceptors (Lipinski definition) is 3. The van der Waals surface area contributed by atoms with Crippen molar-refractivity contribution in [3.8, 4) is 16.9 Å². The molecule has 0 unspecified atom stereocenters. The van der Waals surface area contributed by atoms with Crippen molar-refractivity contribution >= 4 is 5.91 Å². The molecule has 0 aromatic heterocycles. The van der Waals surface area contributed by atoms with Crippen LogP contribution in [0.2, 0.25) is 0 Å². The highest BCUT2D eigenvalue weighted by molar-refractivity contribution is 5.98. The van der Waals surface area contributed by atoms with Gasteiger partial charge in [0.2, 0.25) is 0 Å². The molecule has 1 aliphatic rings. The first-order valence-corrected chi connectivity index (χ1v) is 9.30. The van der Waals surface area contributed by atoms with Gasteiger partial charge in [-0.1, -0.05) is 55.7 Å². The fraction of sp³-hybridized carbons (Fsp3) is 0.409. The standard InChI is InChI=1S/C22H27NO3/c1-26-20-11-10-18(17-8-4-2-5-9-17)14-19(20)21(25)23-15-22(16-24)12-6-3-7-13-22/h2,4-5,8-11,14,24H,3,6-7,12-13,15-16H2,1H3,(H,23,25). The van der Waals surface area contributed by atoms with E-state index in [0.29, 0.717) is 17.9 Å². The SMILES string of the molecule is COc1ccc(-c2ccccc2)cc1C(=O)NCC1(CO)CCCCC1. The third-order valence-corrected chi connectivity index (χ3v) is 5.42. The van der Waals surface area contributed by atoms with Gasteiger partial charge in [0.15, 0.2) is 0 Å². The lowest BCUT2D eigenvalue weighted by Gasteiger charge is -2.35. The molecule has 0 aliphatic heterocycles. The van der Waals surface area contributed by atoms with E-state index in [9.17, 15) is 9.90 Å². The molecule has 1 aliphatic carbocycles. The van der Waals surface area contributed by atoms with Gasteiger partial charge >= 0.3 is 0 Å². The molecule has 3 rings (SSSR count). The van der Waals surface area contributed by atoms with Gasteiger partial charge in [-0.15, -0.1) is 0 Å². The largest absolute Gasteiger partial charge is 0.496 e. The molecule has 2 aromatic carbocycles. The van der Waals surface area contributed by atoms with E-state index in [4.69, 9.17) is 4.74 Å². The van der Waals surface area contributed by atoms with Crippen LogP contribution in [0.4, 0.5) is 0 Å². The number of methoxy groups -OCH3 is 1. The van der Waals surface area contributed by atoms with Crippen molar-refractivity contribution in [2.24, 2.45) is 5.41 Å². The van der Waals surface area contributed by atoms with Gasteiger partial charge in [-0.05, 0) is 36.1 Å². The van der Waals surface area contributed by atoms with Gasteiger partial charge in [-0.2, -0.15) is 0 Å². The highest BCUT2D eigenvalue weighted by atomic mass is 16.5. The Morgan fingerprint density at radius 2 is 1.81 bits per heavy atom. The Kier molecular flexibility index (Phi) is 5.94. The fourth-order valence-corrected chi connectivity index (χ4v) is 3.75. The predicted molar refractivity (Wildman–Crippen MR) is 103 cm³/mol. The van der Waals surface area contributed by atoms with Crippen LogP contribution in [-0.2, 0) is 0 Å². The first kappa shape index (κ1) is 18.5. The van der Waals surface area contributed by atoms with Gasteiger partial charge in [-0.25, -0.2) is 0 Å². The first-order valence-electron chi connectivity index (χ1n) is 9.30. The summed E-state index contributed by atoms with van der Waals surface area (Å²) in [6.07, 6.45) is 5.37. The topological polar surface area (TPSA) is 58.6 Å². The minimum atomic E-state index is -0.182. The quantitative estimate of drug-likeness (QED) is 0.824. The molecular weight excluding hydrogens is 326 g/mol. The Bertz CT molecular complexity index is 736. The number of benzene rings is 2. The fourth-order valence-electron chi connectivity index (χ4n) is 3.75. The summed E-state index contributed by atoms with van der Waals surface area (Å²) in [7, 11) is 1.57. The Labute approximate surface area is 155 Å². The van der Waals surface area contributed by atoms with E-state index in [1.54, 1.807) is 7.11 Å². The van der Waals surface area contributed by atoms with Crippen LogP contribution in [-0.4, -0.2) is 31.3 Å². The molecule has 4 nitrogen and oxygen atoms in total. The molecule has 0 saturated heterocycles. The Morgan fingerprint density at radius 3 is 2.46 bits per heavy atom. The van der Waals surface area contributed by atoms with Gasteiger partial charge in [-0.3, -0.25) is 4.79 Å². The van der Waals surface area contributed by atoms with Crippen molar-refractivity contribution in [2.45, 2.75) is 32.1 Å². The summed E-state index contributed by atoms with van der Waals surface area (Å²) in [6.45, 7) is 0.621. The molecule has 138 valence electrons. The van der Waals surface area contributed by atoms with Crippen LogP contribution >= 0.6 is 0 Å². The lowest BCUT2D eigenvalue weighted by Crippen LogP contribution is -2.41. The molecular formula is C22H27NO3. The molecule has 2 aromatic rings. The van der Waals surface area contributed by atoms with Gasteiger partial charge < -0.3 is 15.2 Å². The van der Waals surface area contributed by atoms with Crippen LogP contribution in [0.5, 0.6) is 5.75 Å². The number of aliphatic hydroxyl groups excluding tert-OH is 1. The third-order valence-electron chi connectivity index (χ3n) is 5.42. The average Bonchev–Trinajstić information content (AvgIpc) is 2.73. The zero-order valence-electron chi connectivity index (χ0n) is 15.3. The number of nitrogens with one attached hydrogen (secondary N) is 1. The van der Waals surface area contributed by atoms with E-state index in [2.05, 4.69) is 5.32 Å². The zero-order chi connectivity index (χ0) is 18.4. The van der Waals surface area contributed by atoms with Crippen molar-refractivity contribution in [2.75, 3.05) is 20.3 Å². The van der Waals surface area contributed by atoms with E-state index in [0.717, 1.165) is 36.8 Å². The highest BCUT2D eigenvalue weighted by Gasteiger charge is 2.32. The van der Waals surface area contributed by atoms with Crippen LogP contribution < -0.4 is 10.1 Å². The second kappa shape index (κ2) is 8.37. The summed E-state index contributed by atoms with van der Waals surface area (Å²) >= 11 is 0. The monoisotopic (exact) mass is 353 g/mol. The molecule has 1 amide bonds. The number of carbonyl (C=O) groups is 1.